The first kappa shape index (κ1) is 44.1. The lowest BCUT2D eigenvalue weighted by atomic mass is 9.49. The van der Waals surface area contributed by atoms with Crippen LogP contribution in [0.25, 0.3) is 0 Å². The van der Waals surface area contributed by atoms with E-state index in [0.717, 1.165) is 87.1 Å². The number of likely N-dealkylation sites (tertiary alicyclic amines) is 1. The van der Waals surface area contributed by atoms with E-state index in [1.165, 1.54) is 36.6 Å². The molecule has 4 bridgehead atoms. The third kappa shape index (κ3) is 9.56. The molecule has 2 aliphatic heterocycles. The van der Waals surface area contributed by atoms with E-state index >= 15 is 0 Å². The van der Waals surface area contributed by atoms with Gasteiger partial charge in [0.25, 0.3) is 5.91 Å². The Morgan fingerprint density at radius 3 is 1.77 bits per heavy atom. The Hall–Kier alpha value is -3.49. The number of nitrogens with zero attached hydrogens (tertiary/aromatic N) is 2. The molecular formula is C47H64F3N5O5S. The average Bonchev–Trinajstić information content (AvgIpc) is 4.04. The predicted molar refractivity (Wildman–Crippen MR) is 227 cm³/mol. The lowest BCUT2D eigenvalue weighted by Crippen LogP contribution is -2.54. The molecule has 2 spiro atoms. The zero-order chi connectivity index (χ0) is 43.8. The normalized spacial score (nSPS) is 30.0. The minimum atomic E-state index is -4.52. The van der Waals surface area contributed by atoms with Gasteiger partial charge in [0, 0.05) is 41.7 Å². The van der Waals surface area contributed by atoms with Gasteiger partial charge in [-0.2, -0.15) is 17.5 Å². The van der Waals surface area contributed by atoms with Gasteiger partial charge in [-0.25, -0.2) is 8.42 Å². The Bertz CT molecular complexity index is 2080. The maximum atomic E-state index is 13.3. The Kier molecular flexibility index (Phi) is 11.5. The van der Waals surface area contributed by atoms with E-state index < -0.39 is 27.7 Å². The SMILES string of the molecule is CC(C)(C)NC(=O)CN1CCC2(CC1)C[C@H]2NC(=O)C12CC3CC(CC(C3)C1)C2.Cc1ccc(S(=O)(=O)N2CCC3(CC2)CC3NC(=O)c2cc(C)cc(C(F)(F)F)c2)cc1. The molecule has 1 unspecified atom stereocenters. The van der Waals surface area contributed by atoms with Gasteiger partial charge >= 0.3 is 6.18 Å². The van der Waals surface area contributed by atoms with Gasteiger partial charge in [0.15, 0.2) is 0 Å². The average molecular weight is 868 g/mol. The van der Waals surface area contributed by atoms with E-state index in [-0.39, 0.29) is 38.8 Å². The third-order valence-corrected chi connectivity index (χ3v) is 17.2. The van der Waals surface area contributed by atoms with Crippen LogP contribution in [0.3, 0.4) is 0 Å². The minimum Gasteiger partial charge on any atom is -0.352 e. The van der Waals surface area contributed by atoms with Crippen molar-refractivity contribution in [2.75, 3.05) is 32.7 Å². The maximum Gasteiger partial charge on any atom is 0.416 e. The molecule has 334 valence electrons. The summed E-state index contributed by atoms with van der Waals surface area (Å²) in [4.78, 5) is 40.7. The van der Waals surface area contributed by atoms with Crippen LogP contribution in [0.5, 0.6) is 0 Å². The molecule has 3 N–H and O–H groups in total. The van der Waals surface area contributed by atoms with E-state index in [1.54, 1.807) is 24.3 Å². The van der Waals surface area contributed by atoms with Gasteiger partial charge in [0.2, 0.25) is 21.8 Å². The summed E-state index contributed by atoms with van der Waals surface area (Å²) in [5.74, 6) is 2.45. The van der Waals surface area contributed by atoms with Crippen molar-refractivity contribution in [1.29, 1.82) is 0 Å². The number of hydrogen-bond donors (Lipinski definition) is 3. The van der Waals surface area contributed by atoms with Crippen LogP contribution in [0, 0.1) is 47.8 Å². The zero-order valence-corrected chi connectivity index (χ0v) is 37.2. The van der Waals surface area contributed by atoms with Gasteiger partial charge in [-0.1, -0.05) is 17.7 Å². The van der Waals surface area contributed by atoms with Crippen molar-refractivity contribution in [3.05, 3.63) is 64.7 Å². The van der Waals surface area contributed by atoms with Crippen LogP contribution in [0.4, 0.5) is 13.2 Å². The number of hydrogen-bond acceptors (Lipinski definition) is 6. The lowest BCUT2D eigenvalue weighted by Gasteiger charge is -2.55. The van der Waals surface area contributed by atoms with Crippen molar-refractivity contribution in [2.45, 2.75) is 140 Å². The summed E-state index contributed by atoms with van der Waals surface area (Å²) in [6, 6.07) is 10.3. The molecule has 2 aromatic rings. The van der Waals surface area contributed by atoms with Gasteiger partial charge in [-0.15, -0.1) is 0 Å². The predicted octanol–water partition coefficient (Wildman–Crippen LogP) is 7.38. The number of nitrogens with one attached hydrogen (secondary N) is 3. The van der Waals surface area contributed by atoms with Crippen molar-refractivity contribution in [1.82, 2.24) is 25.2 Å². The van der Waals surface area contributed by atoms with Gasteiger partial charge in [-0.3, -0.25) is 19.3 Å². The molecular weight excluding hydrogens is 804 g/mol. The molecule has 2 heterocycles. The Morgan fingerprint density at radius 1 is 0.721 bits per heavy atom. The van der Waals surface area contributed by atoms with E-state index in [1.807, 2.05) is 27.7 Å². The minimum absolute atomic E-state index is 0.0150. The molecule has 10 rings (SSSR count). The number of carbonyl (C=O) groups excluding carboxylic acids is 3. The highest BCUT2D eigenvalue weighted by molar-refractivity contribution is 7.89. The van der Waals surface area contributed by atoms with E-state index in [2.05, 4.69) is 20.9 Å². The van der Waals surface area contributed by atoms with Crippen molar-refractivity contribution in [3.63, 3.8) is 0 Å². The van der Waals surface area contributed by atoms with Crippen molar-refractivity contribution >= 4 is 27.7 Å². The molecule has 2 saturated heterocycles. The molecule has 2 atom stereocenters. The van der Waals surface area contributed by atoms with Gasteiger partial charge in [0.1, 0.15) is 0 Å². The van der Waals surface area contributed by atoms with E-state index in [9.17, 15) is 36.0 Å². The largest absolute Gasteiger partial charge is 0.416 e. The van der Waals surface area contributed by atoms with Crippen molar-refractivity contribution in [2.24, 2.45) is 34.0 Å². The standard InChI is InChI=1S/C24H39N3O2.C23H25F3N2O3S/c1-22(2,3)26-20(28)15-27-6-4-23(5-7-27)14-19(23)25-21(29)24-11-16-8-17(12-24)10-18(9-16)13-24;1-15-3-5-19(6-4-15)32(30,31)28-9-7-22(8-10-28)14-20(22)27-21(29)17-11-16(2)12-18(13-17)23(24,25)26/h16-19H,4-15H2,1-3H3,(H,25,29)(H,26,28);3-6,11-13,20H,7-10,14H2,1-2H3,(H,27,29)/t16?,17?,18?,19-,24?;/m1./s1. The van der Waals surface area contributed by atoms with E-state index in [4.69, 9.17) is 0 Å². The fourth-order valence-corrected chi connectivity index (χ4v) is 13.5. The molecule has 10 nitrogen and oxygen atoms in total. The number of alkyl halides is 3. The molecule has 6 saturated carbocycles. The number of halogens is 3. The summed E-state index contributed by atoms with van der Waals surface area (Å²) in [7, 11) is -3.57. The molecule has 8 aliphatic rings. The topological polar surface area (TPSA) is 128 Å². The smallest absolute Gasteiger partial charge is 0.352 e. The summed E-state index contributed by atoms with van der Waals surface area (Å²) in [5.41, 5.74) is 0.419. The second kappa shape index (κ2) is 15.9. The fraction of sp³-hybridized carbons (Fsp3) is 0.681. The summed E-state index contributed by atoms with van der Waals surface area (Å²) in [5, 5.41) is 9.44. The first-order valence-electron chi connectivity index (χ1n) is 22.5. The van der Waals surface area contributed by atoms with Crippen molar-refractivity contribution < 1.29 is 36.0 Å². The van der Waals surface area contributed by atoms with Crippen molar-refractivity contribution in [3.8, 4) is 0 Å². The lowest BCUT2D eigenvalue weighted by molar-refractivity contribution is -0.146. The number of sulfonamides is 1. The molecule has 2 aromatic carbocycles. The highest BCUT2D eigenvalue weighted by Crippen LogP contribution is 2.61. The van der Waals surface area contributed by atoms with Crippen LogP contribution in [0.2, 0.25) is 0 Å². The Labute approximate surface area is 359 Å². The molecule has 14 heteroatoms. The zero-order valence-electron chi connectivity index (χ0n) is 36.4. The Morgan fingerprint density at radius 2 is 1.25 bits per heavy atom. The number of carbonyl (C=O) groups is 3. The molecule has 0 aromatic heterocycles. The van der Waals surface area contributed by atoms with Gasteiger partial charge in [-0.05, 0) is 189 Å². The van der Waals surface area contributed by atoms with Crippen LogP contribution in [0.1, 0.15) is 125 Å². The first-order valence-corrected chi connectivity index (χ1v) is 23.9. The quantitative estimate of drug-likeness (QED) is 0.254. The maximum absolute atomic E-state index is 13.3. The number of amides is 3. The monoisotopic (exact) mass is 867 g/mol. The number of piperidine rings is 2. The highest BCUT2D eigenvalue weighted by Gasteiger charge is 2.60. The number of aryl methyl sites for hydroxylation is 2. The van der Waals surface area contributed by atoms with Crippen LogP contribution >= 0.6 is 0 Å². The van der Waals surface area contributed by atoms with Crippen LogP contribution in [-0.4, -0.2) is 85.7 Å². The number of rotatable bonds is 8. The highest BCUT2D eigenvalue weighted by atomic mass is 32.2. The fourth-order valence-electron chi connectivity index (χ4n) is 12.1. The summed E-state index contributed by atoms with van der Waals surface area (Å²) in [6.07, 6.45) is 8.39. The van der Waals surface area contributed by atoms with Crippen LogP contribution in [0.15, 0.2) is 47.4 Å². The molecule has 8 fully saturated rings. The van der Waals surface area contributed by atoms with Crippen LogP contribution < -0.4 is 16.0 Å². The molecule has 6 aliphatic carbocycles. The summed E-state index contributed by atoms with van der Waals surface area (Å²) in [6.45, 7) is 12.6. The van der Waals surface area contributed by atoms with Crippen LogP contribution in [-0.2, 0) is 25.8 Å². The third-order valence-electron chi connectivity index (χ3n) is 15.3. The van der Waals surface area contributed by atoms with E-state index in [0.29, 0.717) is 61.8 Å². The molecule has 61 heavy (non-hydrogen) atoms. The molecule has 3 amide bonds. The van der Waals surface area contributed by atoms with Gasteiger partial charge in [0.05, 0.1) is 17.0 Å². The second-order valence-electron chi connectivity index (χ2n) is 21.3. The summed E-state index contributed by atoms with van der Waals surface area (Å²) >= 11 is 0. The van der Waals surface area contributed by atoms with Gasteiger partial charge < -0.3 is 16.0 Å². The number of benzene rings is 2. The Balaban J connectivity index is 0.000000169. The second-order valence-corrected chi connectivity index (χ2v) is 23.2. The summed E-state index contributed by atoms with van der Waals surface area (Å²) < 4.78 is 66.4. The molecule has 0 radical (unpaired) electrons. The first-order chi connectivity index (χ1) is 28.6.